The van der Waals surface area contributed by atoms with Gasteiger partial charge >= 0.3 is 5.97 Å². The fourth-order valence-corrected chi connectivity index (χ4v) is 2.30. The molecule has 6 heteroatoms. The van der Waals surface area contributed by atoms with Crippen molar-refractivity contribution in [2.75, 3.05) is 7.11 Å². The van der Waals surface area contributed by atoms with Crippen LogP contribution in [0.5, 0.6) is 11.5 Å². The Morgan fingerprint density at radius 1 is 1.40 bits per heavy atom. The smallest absolute Gasteiger partial charge is 0.331 e. The Morgan fingerprint density at radius 2 is 2.05 bits per heavy atom. The lowest BCUT2D eigenvalue weighted by atomic mass is 10.0. The molecule has 2 rings (SSSR count). The summed E-state index contributed by atoms with van der Waals surface area (Å²) in [6, 6.07) is 3.26. The van der Waals surface area contributed by atoms with Gasteiger partial charge in [0.15, 0.2) is 17.5 Å². The van der Waals surface area contributed by atoms with Gasteiger partial charge in [0.05, 0.1) is 7.11 Å². The Kier molecular flexibility index (Phi) is 3.83. The van der Waals surface area contributed by atoms with E-state index >= 15 is 0 Å². The SMILES string of the molecule is COc1ccc(C(C(=O)O)N(C(C)=O)C2CC2)cc1O. The Morgan fingerprint density at radius 3 is 2.45 bits per heavy atom. The van der Waals surface area contributed by atoms with Crippen LogP contribution >= 0.6 is 0 Å². The van der Waals surface area contributed by atoms with Crippen LogP contribution in [-0.4, -0.2) is 40.1 Å². The van der Waals surface area contributed by atoms with E-state index in [1.807, 2.05) is 0 Å². The number of carbonyl (C=O) groups excluding carboxylic acids is 1. The first kappa shape index (κ1) is 14.2. The van der Waals surface area contributed by atoms with Crippen LogP contribution < -0.4 is 4.74 Å². The van der Waals surface area contributed by atoms with E-state index in [-0.39, 0.29) is 23.4 Å². The minimum absolute atomic E-state index is 0.0298. The van der Waals surface area contributed by atoms with Gasteiger partial charge in [-0.3, -0.25) is 4.79 Å². The third kappa shape index (κ3) is 2.68. The van der Waals surface area contributed by atoms with E-state index < -0.39 is 12.0 Å². The second-order valence-corrected chi connectivity index (χ2v) is 4.83. The number of hydrogen-bond acceptors (Lipinski definition) is 4. The number of carbonyl (C=O) groups is 2. The van der Waals surface area contributed by atoms with Gasteiger partial charge in [0, 0.05) is 13.0 Å². The van der Waals surface area contributed by atoms with Crippen molar-refractivity contribution in [3.8, 4) is 11.5 Å². The first-order valence-electron chi connectivity index (χ1n) is 6.34. The van der Waals surface area contributed by atoms with Gasteiger partial charge in [-0.2, -0.15) is 0 Å². The molecule has 2 N–H and O–H groups in total. The molecule has 0 aliphatic heterocycles. The molecule has 0 heterocycles. The number of amides is 1. The molecule has 0 spiro atoms. The molecule has 108 valence electrons. The number of carboxylic acid groups (broad SMARTS) is 1. The normalized spacial score (nSPS) is 15.5. The number of carboxylic acids is 1. The molecule has 1 aliphatic rings. The number of aliphatic carboxylic acids is 1. The van der Waals surface area contributed by atoms with Gasteiger partial charge in [-0.15, -0.1) is 0 Å². The van der Waals surface area contributed by atoms with E-state index in [2.05, 4.69) is 0 Å². The van der Waals surface area contributed by atoms with Crippen molar-refractivity contribution < 1.29 is 24.5 Å². The topological polar surface area (TPSA) is 87.1 Å². The molecule has 0 bridgehead atoms. The highest BCUT2D eigenvalue weighted by Gasteiger charge is 2.40. The van der Waals surface area contributed by atoms with Crippen molar-refractivity contribution in [2.45, 2.75) is 31.8 Å². The molecule has 1 saturated carbocycles. The van der Waals surface area contributed by atoms with Crippen molar-refractivity contribution in [2.24, 2.45) is 0 Å². The lowest BCUT2D eigenvalue weighted by Crippen LogP contribution is -2.39. The van der Waals surface area contributed by atoms with Crippen LogP contribution in [0.3, 0.4) is 0 Å². The first-order chi connectivity index (χ1) is 9.45. The van der Waals surface area contributed by atoms with Crippen molar-refractivity contribution >= 4 is 11.9 Å². The minimum Gasteiger partial charge on any atom is -0.504 e. The molecule has 1 unspecified atom stereocenters. The molecule has 0 aromatic heterocycles. The predicted octanol–water partition coefficient (Wildman–Crippen LogP) is 1.54. The van der Waals surface area contributed by atoms with Crippen LogP contribution in [0.2, 0.25) is 0 Å². The van der Waals surface area contributed by atoms with E-state index in [0.29, 0.717) is 5.56 Å². The van der Waals surface area contributed by atoms with Gasteiger partial charge < -0.3 is 19.8 Å². The molecule has 1 amide bonds. The van der Waals surface area contributed by atoms with Crippen LogP contribution in [0.15, 0.2) is 18.2 Å². The van der Waals surface area contributed by atoms with Gasteiger partial charge in [0.25, 0.3) is 0 Å². The van der Waals surface area contributed by atoms with E-state index in [0.717, 1.165) is 12.8 Å². The van der Waals surface area contributed by atoms with Crippen LogP contribution in [0, 0.1) is 0 Å². The lowest BCUT2D eigenvalue weighted by Gasteiger charge is -2.28. The van der Waals surface area contributed by atoms with Gasteiger partial charge in [0.2, 0.25) is 5.91 Å². The van der Waals surface area contributed by atoms with E-state index in [1.54, 1.807) is 6.07 Å². The number of methoxy groups -OCH3 is 1. The summed E-state index contributed by atoms with van der Waals surface area (Å²) in [5, 5.41) is 19.2. The standard InChI is InChI=1S/C14H17NO5/c1-8(16)15(10-4-5-10)13(14(18)19)9-3-6-12(20-2)11(17)7-9/h3,6-7,10,13,17H,4-5H2,1-2H3,(H,18,19). The van der Waals surface area contributed by atoms with Crippen LogP contribution in [0.1, 0.15) is 31.4 Å². The molecule has 1 atom stereocenters. The summed E-state index contributed by atoms with van der Waals surface area (Å²) in [5.74, 6) is -1.28. The molecule has 6 nitrogen and oxygen atoms in total. The number of rotatable bonds is 5. The maximum absolute atomic E-state index is 11.7. The predicted molar refractivity (Wildman–Crippen MR) is 70.6 cm³/mol. The molecule has 1 aromatic rings. The van der Waals surface area contributed by atoms with Crippen molar-refractivity contribution in [1.29, 1.82) is 0 Å². The average Bonchev–Trinajstić information content (AvgIpc) is 3.18. The zero-order valence-electron chi connectivity index (χ0n) is 11.4. The highest BCUT2D eigenvalue weighted by molar-refractivity contribution is 5.84. The maximum Gasteiger partial charge on any atom is 0.331 e. The maximum atomic E-state index is 11.7. The highest BCUT2D eigenvalue weighted by Crippen LogP contribution is 2.37. The number of aromatic hydroxyl groups is 1. The summed E-state index contributed by atoms with van der Waals surface area (Å²) in [4.78, 5) is 24.6. The zero-order valence-corrected chi connectivity index (χ0v) is 11.4. The summed E-state index contributed by atoms with van der Waals surface area (Å²) in [5.41, 5.74) is 0.359. The summed E-state index contributed by atoms with van der Waals surface area (Å²) < 4.78 is 4.93. The summed E-state index contributed by atoms with van der Waals surface area (Å²) >= 11 is 0. The van der Waals surface area contributed by atoms with Gasteiger partial charge in [-0.1, -0.05) is 6.07 Å². The van der Waals surface area contributed by atoms with E-state index in [9.17, 15) is 19.8 Å². The molecule has 0 radical (unpaired) electrons. The second-order valence-electron chi connectivity index (χ2n) is 4.83. The van der Waals surface area contributed by atoms with Gasteiger partial charge in [0.1, 0.15) is 0 Å². The van der Waals surface area contributed by atoms with Crippen molar-refractivity contribution in [3.63, 3.8) is 0 Å². The average molecular weight is 279 g/mol. The molecular formula is C14H17NO5. The minimum atomic E-state index is -1.11. The van der Waals surface area contributed by atoms with Crippen LogP contribution in [-0.2, 0) is 9.59 Å². The number of phenolic OH excluding ortho intramolecular Hbond substituents is 1. The molecule has 1 aromatic carbocycles. The fraction of sp³-hybridized carbons (Fsp3) is 0.429. The Labute approximate surface area is 116 Å². The van der Waals surface area contributed by atoms with Gasteiger partial charge in [-0.05, 0) is 30.5 Å². The number of phenols is 1. The number of ether oxygens (including phenoxy) is 1. The third-order valence-corrected chi connectivity index (χ3v) is 3.33. The molecular weight excluding hydrogens is 262 g/mol. The van der Waals surface area contributed by atoms with Gasteiger partial charge in [-0.25, -0.2) is 4.79 Å². The molecule has 0 saturated heterocycles. The van der Waals surface area contributed by atoms with E-state index in [1.165, 1.54) is 31.1 Å². The Bertz CT molecular complexity index is 538. The Hall–Kier alpha value is -2.24. The number of nitrogens with zero attached hydrogens (tertiary/aromatic N) is 1. The van der Waals surface area contributed by atoms with Crippen molar-refractivity contribution in [1.82, 2.24) is 4.90 Å². The molecule has 1 aliphatic carbocycles. The quantitative estimate of drug-likeness (QED) is 0.853. The molecule has 20 heavy (non-hydrogen) atoms. The highest BCUT2D eigenvalue weighted by atomic mass is 16.5. The summed E-state index contributed by atoms with van der Waals surface area (Å²) in [7, 11) is 1.41. The fourth-order valence-electron chi connectivity index (χ4n) is 2.30. The Balaban J connectivity index is 2.39. The largest absolute Gasteiger partial charge is 0.504 e. The second kappa shape index (κ2) is 5.40. The molecule has 1 fully saturated rings. The summed E-state index contributed by atoms with van der Waals surface area (Å²) in [6.45, 7) is 1.36. The summed E-state index contributed by atoms with van der Waals surface area (Å²) in [6.07, 6.45) is 1.62. The van der Waals surface area contributed by atoms with Crippen LogP contribution in [0.4, 0.5) is 0 Å². The lowest BCUT2D eigenvalue weighted by molar-refractivity contribution is -0.150. The van der Waals surface area contributed by atoms with E-state index in [4.69, 9.17) is 4.74 Å². The zero-order chi connectivity index (χ0) is 14.9. The first-order valence-corrected chi connectivity index (χ1v) is 6.34. The van der Waals surface area contributed by atoms with Crippen molar-refractivity contribution in [3.05, 3.63) is 23.8 Å². The third-order valence-electron chi connectivity index (χ3n) is 3.33. The number of hydrogen-bond donors (Lipinski definition) is 2. The van der Waals surface area contributed by atoms with Crippen LogP contribution in [0.25, 0.3) is 0 Å². The monoisotopic (exact) mass is 279 g/mol. The number of benzene rings is 1.